The molecule has 0 saturated carbocycles. The highest BCUT2D eigenvalue weighted by Crippen LogP contribution is 2.11. The van der Waals surface area contributed by atoms with Gasteiger partial charge < -0.3 is 21.5 Å². The highest BCUT2D eigenvalue weighted by Gasteiger charge is 2.18. The van der Waals surface area contributed by atoms with Crippen LogP contribution in [0.5, 0.6) is 0 Å². The van der Waals surface area contributed by atoms with E-state index in [0.29, 0.717) is 23.2 Å². The number of hydrogen-bond donors (Lipinski definition) is 4. The van der Waals surface area contributed by atoms with Crippen LogP contribution in [0.1, 0.15) is 39.9 Å². The van der Waals surface area contributed by atoms with E-state index in [-0.39, 0.29) is 12.5 Å². The van der Waals surface area contributed by atoms with Crippen molar-refractivity contribution in [3.8, 4) is 23.7 Å². The highest BCUT2D eigenvalue weighted by atomic mass is 16.3. The number of carbonyl (C=O) groups is 3. The van der Waals surface area contributed by atoms with Crippen molar-refractivity contribution in [2.75, 3.05) is 18.5 Å². The lowest BCUT2D eigenvalue weighted by molar-refractivity contribution is -0.123. The monoisotopic (exact) mass is 508 g/mol. The van der Waals surface area contributed by atoms with Crippen molar-refractivity contribution in [3.05, 3.63) is 95.3 Å². The zero-order chi connectivity index (χ0) is 27.2. The van der Waals surface area contributed by atoms with Crippen LogP contribution in [0, 0.1) is 23.7 Å². The van der Waals surface area contributed by atoms with Crippen LogP contribution in [-0.2, 0) is 16.0 Å². The van der Waals surface area contributed by atoms with Crippen LogP contribution in [0.15, 0.2) is 73.1 Å². The van der Waals surface area contributed by atoms with Crippen molar-refractivity contribution < 1.29 is 19.5 Å². The third-order valence-electron chi connectivity index (χ3n) is 5.50. The summed E-state index contributed by atoms with van der Waals surface area (Å²) in [4.78, 5) is 40.0. The quantitative estimate of drug-likeness (QED) is 0.310. The van der Waals surface area contributed by atoms with Gasteiger partial charge in [0.2, 0.25) is 5.91 Å². The number of nitrogens with two attached hydrogens (primary N) is 1. The predicted molar refractivity (Wildman–Crippen MR) is 145 cm³/mol. The van der Waals surface area contributed by atoms with Crippen molar-refractivity contribution in [3.63, 3.8) is 0 Å². The Morgan fingerprint density at radius 3 is 2.08 bits per heavy atom. The van der Waals surface area contributed by atoms with Crippen molar-refractivity contribution in [2.45, 2.75) is 25.3 Å². The van der Waals surface area contributed by atoms with Crippen molar-refractivity contribution >= 4 is 23.3 Å². The Balaban J connectivity index is 1.47. The van der Waals surface area contributed by atoms with E-state index >= 15 is 0 Å². The lowest BCUT2D eigenvalue weighted by Crippen LogP contribution is -2.46. The first kappa shape index (κ1) is 27.8. The summed E-state index contributed by atoms with van der Waals surface area (Å²) in [5, 5.41) is 14.3. The second kappa shape index (κ2) is 14.7. The van der Waals surface area contributed by atoms with Crippen LogP contribution in [0.3, 0.4) is 0 Å². The number of anilines is 1. The number of nitrogens with one attached hydrogen (secondary N) is 2. The molecule has 3 rings (SSSR count). The summed E-state index contributed by atoms with van der Waals surface area (Å²) in [6.45, 7) is -0.787. The number of nitrogens with zero attached hydrogens (tertiary/aromatic N) is 1. The number of aromatic nitrogens is 1. The Bertz CT molecular complexity index is 1360. The molecule has 5 N–H and O–H groups in total. The predicted octanol–water partition coefficient (Wildman–Crippen LogP) is 2.06. The highest BCUT2D eigenvalue weighted by molar-refractivity contribution is 5.98. The van der Waals surface area contributed by atoms with Crippen molar-refractivity contribution in [1.29, 1.82) is 0 Å². The summed E-state index contributed by atoms with van der Waals surface area (Å²) in [6.07, 6.45) is 5.51. The number of aryl methyl sites for hydroxylation is 1. The minimum absolute atomic E-state index is 0.0369. The lowest BCUT2D eigenvalue weighted by Gasteiger charge is -2.14. The molecule has 2 aromatic carbocycles. The SMILES string of the molecule is NC[C@H](NC(=O)c1ccc(C#CC#Cc2ccc(NC(=O)CCCc3ccncc3)cc2)cc1)C(=O)CO. The number of amides is 2. The molecule has 192 valence electrons. The standard InChI is InChI=1S/C30H28N4O4/c31-20-27(28(36)21-35)34-30(38)25-12-8-22(9-13-25)4-1-2-5-23-10-14-26(15-11-23)33-29(37)7-3-6-24-16-18-32-19-17-24/h8-19,27,35H,3,6-7,20-21,31H2,(H,33,37)(H,34,38)/t27-/m0/s1. The third kappa shape index (κ3) is 9.03. The van der Waals surface area contributed by atoms with E-state index < -0.39 is 24.3 Å². The molecular formula is C30H28N4O4. The maximum atomic E-state index is 12.3. The average molecular weight is 509 g/mol. The van der Waals surface area contributed by atoms with E-state index in [9.17, 15) is 14.4 Å². The average Bonchev–Trinajstić information content (AvgIpc) is 2.95. The smallest absolute Gasteiger partial charge is 0.251 e. The number of aliphatic hydroxyl groups excluding tert-OH is 1. The molecule has 0 bridgehead atoms. The minimum atomic E-state index is -0.935. The molecule has 0 aliphatic carbocycles. The molecule has 8 heteroatoms. The van der Waals surface area contributed by atoms with E-state index in [0.717, 1.165) is 24.0 Å². The summed E-state index contributed by atoms with van der Waals surface area (Å²) in [5.74, 6) is 10.4. The fraction of sp³-hybridized carbons (Fsp3) is 0.200. The van der Waals surface area contributed by atoms with Crippen LogP contribution in [-0.4, -0.2) is 46.9 Å². The molecule has 0 spiro atoms. The van der Waals surface area contributed by atoms with Gasteiger partial charge in [0.25, 0.3) is 5.91 Å². The molecule has 38 heavy (non-hydrogen) atoms. The fourth-order valence-corrected chi connectivity index (χ4v) is 3.40. The molecule has 0 aliphatic rings. The molecular weight excluding hydrogens is 480 g/mol. The molecule has 2 amide bonds. The summed E-state index contributed by atoms with van der Waals surface area (Å²) in [7, 11) is 0. The van der Waals surface area contributed by atoms with Crippen LogP contribution in [0.2, 0.25) is 0 Å². The Morgan fingerprint density at radius 2 is 1.50 bits per heavy atom. The molecule has 0 saturated heterocycles. The summed E-state index contributed by atoms with van der Waals surface area (Å²) in [6, 6.07) is 16.7. The van der Waals surface area contributed by atoms with Crippen LogP contribution in [0.4, 0.5) is 5.69 Å². The van der Waals surface area contributed by atoms with Crippen LogP contribution < -0.4 is 16.4 Å². The lowest BCUT2D eigenvalue weighted by atomic mass is 10.1. The van der Waals surface area contributed by atoms with E-state index in [1.165, 1.54) is 0 Å². The maximum absolute atomic E-state index is 12.3. The number of hydrogen-bond acceptors (Lipinski definition) is 6. The largest absolute Gasteiger partial charge is 0.388 e. The number of aliphatic hydroxyl groups is 1. The first-order chi connectivity index (χ1) is 18.5. The minimum Gasteiger partial charge on any atom is -0.388 e. The zero-order valence-electron chi connectivity index (χ0n) is 20.7. The summed E-state index contributed by atoms with van der Waals surface area (Å²) >= 11 is 0. The molecule has 0 unspecified atom stereocenters. The van der Waals surface area contributed by atoms with Gasteiger partial charge in [-0.1, -0.05) is 11.8 Å². The van der Waals surface area contributed by atoms with Gasteiger partial charge in [-0.15, -0.1) is 0 Å². The number of benzene rings is 2. The van der Waals surface area contributed by atoms with Gasteiger partial charge in [0.15, 0.2) is 5.78 Å². The number of Topliss-reactive ketones (excluding diaryl/α,β-unsaturated/α-hetero) is 1. The first-order valence-corrected chi connectivity index (χ1v) is 12.0. The van der Waals surface area contributed by atoms with Crippen molar-refractivity contribution in [1.82, 2.24) is 10.3 Å². The zero-order valence-corrected chi connectivity index (χ0v) is 20.7. The Hall–Kier alpha value is -4.76. The van der Waals surface area contributed by atoms with Crippen LogP contribution >= 0.6 is 0 Å². The molecule has 0 fully saturated rings. The number of rotatable bonds is 10. The van der Waals surface area contributed by atoms with Gasteiger partial charge in [-0.05, 0) is 90.9 Å². The third-order valence-corrected chi connectivity index (χ3v) is 5.50. The Labute approximate surface area is 221 Å². The Kier molecular flexibility index (Phi) is 10.8. The van der Waals surface area contributed by atoms with Gasteiger partial charge in [0.05, 0.1) is 0 Å². The maximum Gasteiger partial charge on any atom is 0.251 e. The topological polar surface area (TPSA) is 134 Å². The normalized spacial score (nSPS) is 10.7. The van der Waals surface area contributed by atoms with E-state index in [1.54, 1.807) is 48.8 Å². The Morgan fingerprint density at radius 1 is 0.895 bits per heavy atom. The first-order valence-electron chi connectivity index (χ1n) is 12.0. The van der Waals surface area contributed by atoms with E-state index in [1.807, 2.05) is 24.3 Å². The van der Waals surface area contributed by atoms with Gasteiger partial charge in [0.1, 0.15) is 12.6 Å². The summed E-state index contributed by atoms with van der Waals surface area (Å²) in [5.41, 5.74) is 9.10. The van der Waals surface area contributed by atoms with Crippen molar-refractivity contribution in [2.24, 2.45) is 5.73 Å². The van der Waals surface area contributed by atoms with Gasteiger partial charge in [-0.3, -0.25) is 19.4 Å². The molecule has 1 atom stereocenters. The molecule has 8 nitrogen and oxygen atoms in total. The second-order valence-corrected chi connectivity index (χ2v) is 8.30. The van der Waals surface area contributed by atoms with Gasteiger partial charge >= 0.3 is 0 Å². The fourth-order valence-electron chi connectivity index (χ4n) is 3.40. The summed E-state index contributed by atoms with van der Waals surface area (Å²) < 4.78 is 0. The van der Waals surface area contributed by atoms with Gasteiger partial charge in [-0.25, -0.2) is 0 Å². The molecule has 0 aliphatic heterocycles. The molecule has 0 radical (unpaired) electrons. The van der Waals surface area contributed by atoms with Gasteiger partial charge in [0, 0.05) is 47.7 Å². The number of ketones is 1. The van der Waals surface area contributed by atoms with E-state index in [2.05, 4.69) is 39.3 Å². The molecule has 1 heterocycles. The number of carbonyl (C=O) groups excluding carboxylic acids is 3. The molecule has 1 aromatic heterocycles. The number of pyridine rings is 1. The second-order valence-electron chi connectivity index (χ2n) is 8.30. The van der Waals surface area contributed by atoms with Gasteiger partial charge in [-0.2, -0.15) is 0 Å². The molecule has 3 aromatic rings. The van der Waals surface area contributed by atoms with Crippen LogP contribution in [0.25, 0.3) is 0 Å². The van der Waals surface area contributed by atoms with E-state index in [4.69, 9.17) is 10.8 Å².